The van der Waals surface area contributed by atoms with Gasteiger partial charge in [0.05, 0.1) is 0 Å². The third kappa shape index (κ3) is 4.61. The van der Waals surface area contributed by atoms with Gasteiger partial charge in [0.2, 0.25) is 0 Å². The average Bonchev–Trinajstić information content (AvgIpc) is 3.07. The molecule has 0 radical (unpaired) electrons. The van der Waals surface area contributed by atoms with E-state index in [-0.39, 0.29) is 5.91 Å². The largest absolute Gasteiger partial charge is 0.337 e. The molecule has 2 aliphatic rings. The molecule has 5 heteroatoms. The van der Waals surface area contributed by atoms with Crippen LogP contribution in [0, 0.1) is 0 Å². The lowest BCUT2D eigenvalue weighted by Gasteiger charge is -2.39. The van der Waals surface area contributed by atoms with Gasteiger partial charge in [-0.05, 0) is 75.7 Å². The van der Waals surface area contributed by atoms with E-state index in [1.54, 1.807) is 0 Å². The summed E-state index contributed by atoms with van der Waals surface area (Å²) in [5.41, 5.74) is 0.788. The summed E-state index contributed by atoms with van der Waals surface area (Å²) in [5.74, 6) is 0.157. The molecule has 1 aromatic rings. The Morgan fingerprint density at radius 2 is 1.84 bits per heavy atom. The maximum absolute atomic E-state index is 13.1. The summed E-state index contributed by atoms with van der Waals surface area (Å²) in [6, 6.07) is 8.59. The van der Waals surface area contributed by atoms with Crippen molar-refractivity contribution in [2.75, 3.05) is 26.4 Å². The second-order valence-electron chi connectivity index (χ2n) is 7.33. The topological polar surface area (TPSA) is 23.6 Å². The lowest BCUT2D eigenvalue weighted by Crippen LogP contribution is -2.51. The lowest BCUT2D eigenvalue weighted by atomic mass is 9.99. The summed E-state index contributed by atoms with van der Waals surface area (Å²) in [6.45, 7) is 2.39. The molecule has 1 aromatic carbocycles. The van der Waals surface area contributed by atoms with Crippen LogP contribution in [0.2, 0.25) is 0 Å². The molecule has 138 valence electrons. The number of benzene rings is 1. The number of likely N-dealkylation sites (N-methyl/N-ethyl adjacent to an activating group) is 1. The molecule has 0 N–H and O–H groups in total. The smallest absolute Gasteiger partial charge is 0.253 e. The highest BCUT2D eigenvalue weighted by Gasteiger charge is 2.37. The third-order valence-corrected chi connectivity index (χ3v) is 7.45. The van der Waals surface area contributed by atoms with Gasteiger partial charge in [0, 0.05) is 34.4 Å². The zero-order valence-corrected chi connectivity index (χ0v) is 17.7. The third-order valence-electron chi connectivity index (χ3n) is 5.83. The van der Waals surface area contributed by atoms with E-state index in [4.69, 9.17) is 0 Å². The molecule has 1 heterocycles. The standard InChI is InChI=1S/C20H29BrN2OS/c1-22(20(24)15-8-10-16(21)11-9-15)18-7-5-6-17(25-2)14-19(18)23-12-3-4-13-23/h8-11,17-19H,3-7,12-14H2,1-2H3. The van der Waals surface area contributed by atoms with E-state index in [2.05, 4.69) is 27.1 Å². The Bertz CT molecular complexity index is 574. The van der Waals surface area contributed by atoms with Crippen molar-refractivity contribution in [2.45, 2.75) is 55.9 Å². The summed E-state index contributed by atoms with van der Waals surface area (Å²) in [6.07, 6.45) is 9.68. The summed E-state index contributed by atoms with van der Waals surface area (Å²) >= 11 is 5.46. The van der Waals surface area contributed by atoms with Crippen molar-refractivity contribution in [2.24, 2.45) is 0 Å². The van der Waals surface area contributed by atoms with Crippen LogP contribution in [-0.4, -0.2) is 59.4 Å². The van der Waals surface area contributed by atoms with Gasteiger partial charge in [-0.25, -0.2) is 0 Å². The summed E-state index contributed by atoms with van der Waals surface area (Å²) in [5, 5.41) is 0.729. The Labute approximate surface area is 164 Å². The Hall–Kier alpha value is -0.520. The molecule has 3 nitrogen and oxygen atoms in total. The maximum atomic E-state index is 13.1. The minimum atomic E-state index is 0.157. The number of halogens is 1. The number of carbonyl (C=O) groups excluding carboxylic acids is 1. The van der Waals surface area contributed by atoms with Crippen molar-refractivity contribution < 1.29 is 4.79 Å². The first-order chi connectivity index (χ1) is 12.1. The fraction of sp³-hybridized carbons (Fsp3) is 0.650. The first-order valence-electron chi connectivity index (χ1n) is 9.39. The molecule has 1 saturated carbocycles. The second-order valence-corrected chi connectivity index (χ2v) is 9.38. The van der Waals surface area contributed by atoms with Crippen LogP contribution in [0.1, 0.15) is 48.9 Å². The molecule has 0 bridgehead atoms. The normalized spacial score (nSPS) is 27.9. The molecule has 3 atom stereocenters. The molecular formula is C20H29BrN2OS. The quantitative estimate of drug-likeness (QED) is 0.656. The van der Waals surface area contributed by atoms with Gasteiger partial charge in [-0.3, -0.25) is 9.69 Å². The minimum Gasteiger partial charge on any atom is -0.337 e. The van der Waals surface area contributed by atoms with Gasteiger partial charge >= 0.3 is 0 Å². The molecule has 0 spiro atoms. The molecular weight excluding hydrogens is 396 g/mol. The molecule has 1 amide bonds. The Morgan fingerprint density at radius 3 is 2.48 bits per heavy atom. The van der Waals surface area contributed by atoms with Crippen LogP contribution >= 0.6 is 27.7 Å². The van der Waals surface area contributed by atoms with Gasteiger partial charge in [-0.15, -0.1) is 0 Å². The molecule has 3 unspecified atom stereocenters. The van der Waals surface area contributed by atoms with Crippen molar-refractivity contribution in [3.63, 3.8) is 0 Å². The summed E-state index contributed by atoms with van der Waals surface area (Å²) in [7, 11) is 2.01. The molecule has 1 aliphatic carbocycles. The van der Waals surface area contributed by atoms with Crippen molar-refractivity contribution in [1.82, 2.24) is 9.80 Å². The van der Waals surface area contributed by atoms with E-state index < -0.39 is 0 Å². The van der Waals surface area contributed by atoms with Crippen LogP contribution < -0.4 is 0 Å². The second kappa shape index (κ2) is 8.92. The van der Waals surface area contributed by atoms with Crippen molar-refractivity contribution in [1.29, 1.82) is 0 Å². The highest BCUT2D eigenvalue weighted by atomic mass is 79.9. The van der Waals surface area contributed by atoms with E-state index in [0.717, 1.165) is 21.7 Å². The van der Waals surface area contributed by atoms with E-state index in [1.807, 2.05) is 48.0 Å². The molecule has 1 saturated heterocycles. The minimum absolute atomic E-state index is 0.157. The fourth-order valence-corrected chi connectivity index (χ4v) is 5.43. The highest BCUT2D eigenvalue weighted by Crippen LogP contribution is 2.33. The van der Waals surface area contributed by atoms with Gasteiger partial charge in [0.15, 0.2) is 0 Å². The molecule has 3 rings (SSSR count). The number of hydrogen-bond acceptors (Lipinski definition) is 3. The Morgan fingerprint density at radius 1 is 1.16 bits per heavy atom. The van der Waals surface area contributed by atoms with Gasteiger partial charge in [-0.1, -0.05) is 22.4 Å². The number of nitrogens with zero attached hydrogens (tertiary/aromatic N) is 2. The predicted molar refractivity (Wildman–Crippen MR) is 110 cm³/mol. The van der Waals surface area contributed by atoms with Gasteiger partial charge in [0.1, 0.15) is 0 Å². The number of hydrogen-bond donors (Lipinski definition) is 0. The molecule has 0 aromatic heterocycles. The Kier molecular flexibility index (Phi) is 6.86. The maximum Gasteiger partial charge on any atom is 0.253 e. The molecule has 2 fully saturated rings. The van der Waals surface area contributed by atoms with Crippen LogP contribution in [0.5, 0.6) is 0 Å². The van der Waals surface area contributed by atoms with Crippen molar-refractivity contribution >= 4 is 33.6 Å². The zero-order valence-electron chi connectivity index (χ0n) is 15.3. The monoisotopic (exact) mass is 424 g/mol. The fourth-order valence-electron chi connectivity index (χ4n) is 4.37. The van der Waals surface area contributed by atoms with Crippen LogP contribution in [0.4, 0.5) is 0 Å². The van der Waals surface area contributed by atoms with Crippen LogP contribution in [0.15, 0.2) is 28.7 Å². The van der Waals surface area contributed by atoms with E-state index in [9.17, 15) is 4.79 Å². The van der Waals surface area contributed by atoms with Crippen molar-refractivity contribution in [3.8, 4) is 0 Å². The molecule has 25 heavy (non-hydrogen) atoms. The van der Waals surface area contributed by atoms with Crippen LogP contribution in [-0.2, 0) is 0 Å². The van der Waals surface area contributed by atoms with Crippen LogP contribution in [0.3, 0.4) is 0 Å². The summed E-state index contributed by atoms with van der Waals surface area (Å²) < 4.78 is 1.01. The average molecular weight is 425 g/mol. The van der Waals surface area contributed by atoms with Crippen molar-refractivity contribution in [3.05, 3.63) is 34.3 Å². The number of likely N-dealkylation sites (tertiary alicyclic amines) is 1. The number of amides is 1. The van der Waals surface area contributed by atoms with E-state index in [1.165, 1.54) is 45.2 Å². The van der Waals surface area contributed by atoms with E-state index >= 15 is 0 Å². The number of rotatable bonds is 4. The van der Waals surface area contributed by atoms with E-state index in [0.29, 0.717) is 12.1 Å². The Balaban J connectivity index is 1.80. The zero-order chi connectivity index (χ0) is 17.8. The summed E-state index contributed by atoms with van der Waals surface area (Å²) in [4.78, 5) is 17.8. The first-order valence-corrected chi connectivity index (χ1v) is 11.5. The van der Waals surface area contributed by atoms with Gasteiger partial charge in [0.25, 0.3) is 5.91 Å². The number of carbonyl (C=O) groups is 1. The highest BCUT2D eigenvalue weighted by molar-refractivity contribution is 9.10. The lowest BCUT2D eigenvalue weighted by molar-refractivity contribution is 0.0584. The van der Waals surface area contributed by atoms with Gasteiger partial charge < -0.3 is 4.90 Å². The first kappa shape index (κ1) is 19.2. The SMILES string of the molecule is CSC1CCCC(N(C)C(=O)c2ccc(Br)cc2)C(N2CCCC2)C1. The number of thioether (sulfide) groups is 1. The van der Waals surface area contributed by atoms with Gasteiger partial charge in [-0.2, -0.15) is 11.8 Å². The predicted octanol–water partition coefficient (Wildman–Crippen LogP) is 4.66. The van der Waals surface area contributed by atoms with Crippen LogP contribution in [0.25, 0.3) is 0 Å². The molecule has 1 aliphatic heterocycles.